The highest BCUT2D eigenvalue weighted by Crippen LogP contribution is 2.22. The Labute approximate surface area is 92.2 Å². The van der Waals surface area contributed by atoms with Crippen molar-refractivity contribution in [2.45, 2.75) is 26.9 Å². The molecule has 0 fully saturated rings. The zero-order valence-corrected chi connectivity index (χ0v) is 9.68. The number of hydrogen-bond donors (Lipinski definition) is 1. The molecule has 0 unspecified atom stereocenters. The van der Waals surface area contributed by atoms with Crippen LogP contribution >= 0.6 is 11.3 Å². The van der Waals surface area contributed by atoms with Crippen LogP contribution in [0.15, 0.2) is 12.1 Å². The summed E-state index contributed by atoms with van der Waals surface area (Å²) in [5.74, 6) is -0.507. The molecule has 0 radical (unpaired) electrons. The molecule has 1 heterocycles. The number of nitrogens with one attached hydrogen (secondary N) is 1. The van der Waals surface area contributed by atoms with Crippen molar-refractivity contribution in [2.24, 2.45) is 0 Å². The molecular weight excluding hydrogens is 214 g/mol. The van der Waals surface area contributed by atoms with E-state index in [1.807, 2.05) is 0 Å². The number of anilines is 1. The van der Waals surface area contributed by atoms with E-state index in [2.05, 4.69) is 5.32 Å². The summed E-state index contributed by atoms with van der Waals surface area (Å²) in [6.07, 6.45) is -0.135. The minimum Gasteiger partial charge on any atom is -0.459 e. The first-order valence-corrected chi connectivity index (χ1v) is 5.39. The second kappa shape index (κ2) is 4.93. The first-order valence-electron chi connectivity index (χ1n) is 4.57. The Kier molecular flexibility index (Phi) is 3.85. The molecule has 1 aromatic heterocycles. The lowest BCUT2D eigenvalue weighted by Gasteiger charge is -2.05. The van der Waals surface area contributed by atoms with Gasteiger partial charge in [-0.1, -0.05) is 0 Å². The predicted octanol–water partition coefficient (Wildman–Crippen LogP) is 2.27. The molecule has 0 aliphatic heterocycles. The van der Waals surface area contributed by atoms with E-state index in [9.17, 15) is 9.59 Å². The molecule has 0 atom stereocenters. The highest BCUT2D eigenvalue weighted by molar-refractivity contribution is 7.18. The fraction of sp³-hybridized carbons (Fsp3) is 0.400. The highest BCUT2D eigenvalue weighted by Gasteiger charge is 2.12. The minimum absolute atomic E-state index is 0.135. The van der Waals surface area contributed by atoms with Crippen LogP contribution in [0.2, 0.25) is 0 Å². The number of thiophene rings is 1. The maximum atomic E-state index is 11.4. The molecule has 1 N–H and O–H groups in total. The fourth-order valence-electron chi connectivity index (χ4n) is 0.960. The summed E-state index contributed by atoms with van der Waals surface area (Å²) >= 11 is 1.20. The monoisotopic (exact) mass is 227 g/mol. The van der Waals surface area contributed by atoms with Gasteiger partial charge < -0.3 is 10.1 Å². The van der Waals surface area contributed by atoms with Gasteiger partial charge >= 0.3 is 5.97 Å². The SMILES string of the molecule is CC(=O)Nc1ccc(C(=O)OC(C)C)s1. The number of amides is 1. The first kappa shape index (κ1) is 11.7. The van der Waals surface area contributed by atoms with E-state index in [4.69, 9.17) is 4.74 Å². The Balaban J connectivity index is 2.67. The fourth-order valence-corrected chi connectivity index (χ4v) is 1.80. The predicted molar refractivity (Wildman–Crippen MR) is 59.2 cm³/mol. The van der Waals surface area contributed by atoms with Gasteiger partial charge in [0.25, 0.3) is 0 Å². The largest absolute Gasteiger partial charge is 0.459 e. The number of rotatable bonds is 3. The molecule has 0 bridgehead atoms. The van der Waals surface area contributed by atoms with Crippen LogP contribution in [0, 0.1) is 0 Å². The summed E-state index contributed by atoms with van der Waals surface area (Å²) in [6.45, 7) is 5.01. The topological polar surface area (TPSA) is 55.4 Å². The van der Waals surface area contributed by atoms with Crippen molar-refractivity contribution in [1.29, 1.82) is 0 Å². The molecule has 0 spiro atoms. The molecule has 0 aromatic carbocycles. The van der Waals surface area contributed by atoms with Crippen LogP contribution in [0.25, 0.3) is 0 Å². The highest BCUT2D eigenvalue weighted by atomic mass is 32.1. The van der Waals surface area contributed by atoms with E-state index in [1.165, 1.54) is 18.3 Å². The lowest BCUT2D eigenvalue weighted by atomic mass is 10.4. The van der Waals surface area contributed by atoms with Gasteiger partial charge in [-0.25, -0.2) is 4.79 Å². The van der Waals surface area contributed by atoms with Crippen LogP contribution in [0.1, 0.15) is 30.4 Å². The van der Waals surface area contributed by atoms with Crippen molar-refractivity contribution >= 4 is 28.2 Å². The van der Waals surface area contributed by atoms with Crippen molar-refractivity contribution < 1.29 is 14.3 Å². The molecule has 5 heteroatoms. The van der Waals surface area contributed by atoms with Crippen LogP contribution in [0.3, 0.4) is 0 Å². The van der Waals surface area contributed by atoms with E-state index >= 15 is 0 Å². The van der Waals surface area contributed by atoms with E-state index in [0.29, 0.717) is 9.88 Å². The van der Waals surface area contributed by atoms with Gasteiger partial charge in [-0.2, -0.15) is 0 Å². The van der Waals surface area contributed by atoms with Crippen LogP contribution in [-0.4, -0.2) is 18.0 Å². The summed E-state index contributed by atoms with van der Waals surface area (Å²) in [7, 11) is 0. The van der Waals surface area contributed by atoms with Crippen LogP contribution < -0.4 is 5.32 Å². The molecule has 15 heavy (non-hydrogen) atoms. The minimum atomic E-state index is -0.355. The third kappa shape index (κ3) is 3.71. The average molecular weight is 227 g/mol. The van der Waals surface area contributed by atoms with E-state index in [0.717, 1.165) is 0 Å². The number of carbonyl (C=O) groups is 2. The number of esters is 1. The normalized spacial score (nSPS) is 10.1. The summed E-state index contributed by atoms with van der Waals surface area (Å²) < 4.78 is 5.01. The number of carbonyl (C=O) groups excluding carboxylic acids is 2. The number of hydrogen-bond acceptors (Lipinski definition) is 4. The molecule has 4 nitrogen and oxygen atoms in total. The Hall–Kier alpha value is -1.36. The Bertz CT molecular complexity index is 370. The lowest BCUT2D eigenvalue weighted by molar-refractivity contribution is -0.114. The second-order valence-corrected chi connectivity index (χ2v) is 4.38. The summed E-state index contributed by atoms with van der Waals surface area (Å²) in [6, 6.07) is 3.32. The molecule has 82 valence electrons. The van der Waals surface area contributed by atoms with Crippen LogP contribution in [-0.2, 0) is 9.53 Å². The van der Waals surface area contributed by atoms with Gasteiger partial charge in [0.15, 0.2) is 0 Å². The molecule has 0 aliphatic rings. The third-order valence-corrected chi connectivity index (χ3v) is 2.43. The number of ether oxygens (including phenoxy) is 1. The van der Waals surface area contributed by atoms with Crippen LogP contribution in [0.5, 0.6) is 0 Å². The standard InChI is InChI=1S/C10H13NO3S/c1-6(2)14-10(13)8-4-5-9(15-8)11-7(3)12/h4-6H,1-3H3,(H,11,12). The van der Waals surface area contributed by atoms with E-state index < -0.39 is 0 Å². The van der Waals surface area contributed by atoms with Crippen molar-refractivity contribution in [3.05, 3.63) is 17.0 Å². The average Bonchev–Trinajstić information content (AvgIpc) is 2.50. The summed E-state index contributed by atoms with van der Waals surface area (Å²) in [5, 5.41) is 3.26. The van der Waals surface area contributed by atoms with E-state index in [-0.39, 0.29) is 18.0 Å². The Morgan fingerprint density at radius 1 is 1.40 bits per heavy atom. The maximum absolute atomic E-state index is 11.4. The van der Waals surface area contributed by atoms with Gasteiger partial charge in [0.2, 0.25) is 5.91 Å². The Morgan fingerprint density at radius 2 is 2.07 bits per heavy atom. The van der Waals surface area contributed by atoms with Gasteiger partial charge in [-0.3, -0.25) is 4.79 Å². The third-order valence-electron chi connectivity index (χ3n) is 1.45. The summed E-state index contributed by atoms with van der Waals surface area (Å²) in [5.41, 5.74) is 0. The van der Waals surface area contributed by atoms with Gasteiger partial charge in [0, 0.05) is 6.92 Å². The van der Waals surface area contributed by atoms with Crippen LogP contribution in [0.4, 0.5) is 5.00 Å². The quantitative estimate of drug-likeness (QED) is 0.806. The first-order chi connectivity index (χ1) is 6.99. The Morgan fingerprint density at radius 3 is 2.60 bits per heavy atom. The molecule has 0 aliphatic carbocycles. The molecular formula is C10H13NO3S. The molecule has 1 rings (SSSR count). The molecule has 0 saturated heterocycles. The van der Waals surface area contributed by atoms with Crippen molar-refractivity contribution in [3.8, 4) is 0 Å². The zero-order chi connectivity index (χ0) is 11.4. The van der Waals surface area contributed by atoms with Gasteiger partial charge in [-0.05, 0) is 26.0 Å². The second-order valence-electron chi connectivity index (χ2n) is 3.30. The maximum Gasteiger partial charge on any atom is 0.348 e. The van der Waals surface area contributed by atoms with Gasteiger partial charge in [-0.15, -0.1) is 11.3 Å². The lowest BCUT2D eigenvalue weighted by Crippen LogP contribution is -2.10. The van der Waals surface area contributed by atoms with Gasteiger partial charge in [0.05, 0.1) is 11.1 Å². The summed E-state index contributed by atoms with van der Waals surface area (Å²) in [4.78, 5) is 22.7. The molecule has 0 saturated carbocycles. The van der Waals surface area contributed by atoms with E-state index in [1.54, 1.807) is 26.0 Å². The molecule has 1 amide bonds. The van der Waals surface area contributed by atoms with Crippen molar-refractivity contribution in [1.82, 2.24) is 0 Å². The zero-order valence-electron chi connectivity index (χ0n) is 8.87. The van der Waals surface area contributed by atoms with Crippen molar-refractivity contribution in [2.75, 3.05) is 5.32 Å². The van der Waals surface area contributed by atoms with Crippen molar-refractivity contribution in [3.63, 3.8) is 0 Å². The smallest absolute Gasteiger partial charge is 0.348 e. The van der Waals surface area contributed by atoms with Gasteiger partial charge in [0.1, 0.15) is 4.88 Å². The molecule has 1 aromatic rings.